The lowest BCUT2D eigenvalue weighted by atomic mass is 9.90. The monoisotopic (exact) mass is 786 g/mol. The molecule has 0 aromatic heterocycles. The van der Waals surface area contributed by atoms with Gasteiger partial charge in [-0.1, -0.05) is 137 Å². The topological polar surface area (TPSA) is 105 Å². The Kier molecular flexibility index (Phi) is 17.6. The van der Waals surface area contributed by atoms with Gasteiger partial charge in [0.25, 0.3) is 0 Å². The van der Waals surface area contributed by atoms with Gasteiger partial charge in [-0.3, -0.25) is 0 Å². The summed E-state index contributed by atoms with van der Waals surface area (Å²) in [5.41, 5.74) is -0.937. The van der Waals surface area contributed by atoms with Crippen LogP contribution in [0.5, 0.6) is 11.5 Å². The van der Waals surface area contributed by atoms with Gasteiger partial charge in [0.2, 0.25) is 0 Å². The fraction of sp³-hybridized carbons (Fsp3) is 0.529. The van der Waals surface area contributed by atoms with Crippen LogP contribution in [0.15, 0.2) is 12.1 Å². The Morgan fingerprint density at radius 1 is 0.542 bits per heavy atom. The second kappa shape index (κ2) is 20.0. The Hall–Kier alpha value is -1.94. The van der Waals surface area contributed by atoms with Crippen LogP contribution in [-0.2, 0) is 19.1 Å². The van der Waals surface area contributed by atoms with Crippen molar-refractivity contribution in [2.75, 3.05) is 13.2 Å². The molecular formula is C34H40Cl6O8. The van der Waals surface area contributed by atoms with Crippen molar-refractivity contribution in [2.45, 2.75) is 80.1 Å². The summed E-state index contributed by atoms with van der Waals surface area (Å²) in [6, 6.07) is 2.25. The third-order valence-corrected chi connectivity index (χ3v) is 10.4. The van der Waals surface area contributed by atoms with E-state index in [0.29, 0.717) is 24.7 Å². The predicted octanol–water partition coefficient (Wildman–Crippen LogP) is 11.4. The molecule has 0 aliphatic heterocycles. The first-order valence-corrected chi connectivity index (χ1v) is 17.9. The molecule has 2 aromatic rings. The lowest BCUT2D eigenvalue weighted by Gasteiger charge is -2.19. The molecule has 0 radical (unpaired) electrons. The maximum atomic E-state index is 13.1. The molecule has 0 bridgehead atoms. The van der Waals surface area contributed by atoms with Crippen LogP contribution < -0.4 is 9.47 Å². The van der Waals surface area contributed by atoms with Crippen LogP contribution in [0.3, 0.4) is 0 Å². The summed E-state index contributed by atoms with van der Waals surface area (Å²) in [5.74, 6) is -5.08. The maximum absolute atomic E-state index is 13.1. The maximum Gasteiger partial charge on any atom is 0.423 e. The molecule has 4 atom stereocenters. The van der Waals surface area contributed by atoms with E-state index >= 15 is 0 Å². The van der Waals surface area contributed by atoms with Crippen molar-refractivity contribution in [1.29, 1.82) is 0 Å². The summed E-state index contributed by atoms with van der Waals surface area (Å²) in [7, 11) is 0. The first kappa shape index (κ1) is 42.2. The Balaban J connectivity index is 2.28. The molecule has 0 aliphatic carbocycles. The van der Waals surface area contributed by atoms with Crippen molar-refractivity contribution in [3.63, 3.8) is 0 Å². The van der Waals surface area contributed by atoms with Gasteiger partial charge in [-0.25, -0.2) is 19.2 Å². The number of halogens is 6. The first-order valence-electron chi connectivity index (χ1n) is 15.7. The number of benzene rings is 2. The van der Waals surface area contributed by atoms with Gasteiger partial charge in [0.1, 0.15) is 11.1 Å². The molecule has 14 heteroatoms. The number of carbonyl (C=O) groups excluding carboxylic acids is 4. The number of carbonyl (C=O) groups is 4. The van der Waals surface area contributed by atoms with Crippen molar-refractivity contribution >= 4 is 93.5 Å². The molecule has 0 fully saturated rings. The minimum Gasteiger partial charge on any atom is -0.462 e. The van der Waals surface area contributed by atoms with Gasteiger partial charge in [0.15, 0.2) is 11.5 Å². The lowest BCUT2D eigenvalue weighted by Crippen LogP contribution is -2.27. The van der Waals surface area contributed by atoms with Gasteiger partial charge in [-0.15, -0.1) is 0 Å². The third kappa shape index (κ3) is 11.6. The molecule has 8 nitrogen and oxygen atoms in total. The molecule has 0 saturated heterocycles. The quantitative estimate of drug-likeness (QED) is 0.0716. The second-order valence-electron chi connectivity index (χ2n) is 11.8. The van der Waals surface area contributed by atoms with E-state index in [1.807, 2.05) is 0 Å². The van der Waals surface area contributed by atoms with Crippen LogP contribution in [0.2, 0.25) is 30.1 Å². The normalized spacial score (nSPS) is 13.7. The number of ether oxygens (including phenoxy) is 4. The highest BCUT2D eigenvalue weighted by Crippen LogP contribution is 2.42. The summed E-state index contributed by atoms with van der Waals surface area (Å²) in [5, 5.41) is -1.51. The van der Waals surface area contributed by atoms with Gasteiger partial charge < -0.3 is 18.9 Å². The molecule has 48 heavy (non-hydrogen) atoms. The smallest absolute Gasteiger partial charge is 0.423 e. The Labute approximate surface area is 311 Å². The van der Waals surface area contributed by atoms with Crippen molar-refractivity contribution in [3.8, 4) is 11.5 Å². The van der Waals surface area contributed by atoms with Gasteiger partial charge in [0.05, 0.1) is 43.3 Å². The highest BCUT2D eigenvalue weighted by molar-refractivity contribution is 6.47. The number of hydrogen-bond donors (Lipinski definition) is 0. The van der Waals surface area contributed by atoms with E-state index in [9.17, 15) is 19.2 Å². The van der Waals surface area contributed by atoms with Crippen LogP contribution in [0.25, 0.3) is 0 Å². The highest BCUT2D eigenvalue weighted by Gasteiger charge is 2.32. The summed E-state index contributed by atoms with van der Waals surface area (Å²) >= 11 is 37.4. The molecule has 2 aromatic carbocycles. The SMILES string of the molecule is CCCC(C)C(C)CCOC(=O)c1c(Cl)c(Cl)cc(Cl)c1OC(=O)C(=O)Oc1c(Cl)cc(Cl)c(Cl)c1C(=O)OCCC(C)C(C)CCC. The average Bonchev–Trinajstić information content (AvgIpc) is 3.02. The minimum absolute atomic E-state index is 0.0370. The summed E-state index contributed by atoms with van der Waals surface area (Å²) in [6.45, 7) is 12.6. The van der Waals surface area contributed by atoms with E-state index in [2.05, 4.69) is 41.5 Å². The van der Waals surface area contributed by atoms with Crippen molar-refractivity contribution < 1.29 is 38.1 Å². The molecule has 0 saturated carbocycles. The molecule has 0 spiro atoms. The van der Waals surface area contributed by atoms with E-state index in [1.165, 1.54) is 0 Å². The fourth-order valence-electron chi connectivity index (χ4n) is 4.86. The van der Waals surface area contributed by atoms with Crippen molar-refractivity contribution in [1.82, 2.24) is 0 Å². The van der Waals surface area contributed by atoms with E-state index in [1.54, 1.807) is 0 Å². The summed E-state index contributed by atoms with van der Waals surface area (Å²) < 4.78 is 21.2. The zero-order chi connectivity index (χ0) is 36.3. The van der Waals surface area contributed by atoms with E-state index in [-0.39, 0.29) is 55.2 Å². The van der Waals surface area contributed by atoms with Gasteiger partial charge in [-0.2, -0.15) is 0 Å². The number of rotatable bonds is 16. The van der Waals surface area contributed by atoms with E-state index in [0.717, 1.165) is 37.8 Å². The largest absolute Gasteiger partial charge is 0.462 e. The Morgan fingerprint density at radius 3 is 1.17 bits per heavy atom. The van der Waals surface area contributed by atoms with Crippen LogP contribution in [0.4, 0.5) is 0 Å². The van der Waals surface area contributed by atoms with Gasteiger partial charge in [-0.05, 0) is 48.6 Å². The van der Waals surface area contributed by atoms with Crippen LogP contribution >= 0.6 is 69.6 Å². The van der Waals surface area contributed by atoms with Crippen LogP contribution in [-0.4, -0.2) is 37.1 Å². The first-order chi connectivity index (χ1) is 22.5. The zero-order valence-corrected chi connectivity index (χ0v) is 32.2. The second-order valence-corrected chi connectivity index (χ2v) is 14.2. The average molecular weight is 789 g/mol. The predicted molar refractivity (Wildman–Crippen MR) is 190 cm³/mol. The third-order valence-electron chi connectivity index (χ3n) is 8.26. The van der Waals surface area contributed by atoms with Crippen LogP contribution in [0.1, 0.15) is 101 Å². The minimum atomic E-state index is -1.65. The molecule has 0 N–H and O–H groups in total. The van der Waals surface area contributed by atoms with Gasteiger partial charge in [0, 0.05) is 0 Å². The van der Waals surface area contributed by atoms with Crippen molar-refractivity contribution in [3.05, 3.63) is 53.4 Å². The molecule has 4 unspecified atom stereocenters. The standard InChI is InChI=1S/C34H40Cl6O8/c1-7-9-17(3)19(5)11-13-45-31(41)25-27(39)21(35)15-23(37)29(25)47-33(43)34(44)48-30-24(38)16-22(36)28(40)26(30)32(42)46-14-12-20(6)18(4)10-8-2/h15-20H,7-14H2,1-6H3. The Bertz CT molecular complexity index is 1370. The molecule has 0 heterocycles. The van der Waals surface area contributed by atoms with E-state index < -0.39 is 46.5 Å². The fourth-order valence-corrected chi connectivity index (χ4v) is 6.30. The Morgan fingerprint density at radius 2 is 0.854 bits per heavy atom. The molecule has 2 rings (SSSR count). The van der Waals surface area contributed by atoms with E-state index in [4.69, 9.17) is 88.6 Å². The molecule has 0 aliphatic rings. The highest BCUT2D eigenvalue weighted by atomic mass is 35.5. The molecule has 266 valence electrons. The number of hydrogen-bond acceptors (Lipinski definition) is 8. The summed E-state index contributed by atoms with van der Waals surface area (Å²) in [6.07, 6.45) is 5.22. The molecular weight excluding hydrogens is 749 g/mol. The number of esters is 4. The lowest BCUT2D eigenvalue weighted by molar-refractivity contribution is -0.156. The van der Waals surface area contributed by atoms with Crippen molar-refractivity contribution in [2.24, 2.45) is 23.7 Å². The zero-order valence-electron chi connectivity index (χ0n) is 27.7. The molecule has 0 amide bonds. The van der Waals surface area contributed by atoms with Crippen LogP contribution in [0, 0.1) is 23.7 Å². The van der Waals surface area contributed by atoms with Gasteiger partial charge >= 0.3 is 23.9 Å². The summed E-state index contributed by atoms with van der Waals surface area (Å²) in [4.78, 5) is 52.2.